The van der Waals surface area contributed by atoms with Crippen LogP contribution in [0, 0.1) is 11.3 Å². The van der Waals surface area contributed by atoms with E-state index in [9.17, 15) is 22.8 Å². The van der Waals surface area contributed by atoms with Gasteiger partial charge in [-0.25, -0.2) is 0 Å². The number of halogens is 3. The normalized spacial score (nSPS) is 10.6. The Morgan fingerprint density at radius 3 is 2.37 bits per heavy atom. The second kappa shape index (κ2) is 8.95. The van der Waals surface area contributed by atoms with E-state index in [1.54, 1.807) is 12.1 Å². The van der Waals surface area contributed by atoms with E-state index in [0.717, 1.165) is 12.1 Å². The van der Waals surface area contributed by atoms with Crippen LogP contribution in [0.4, 0.5) is 13.2 Å². The number of ether oxygens (including phenoxy) is 1. The number of rotatable bonds is 5. The van der Waals surface area contributed by atoms with Crippen LogP contribution in [0.2, 0.25) is 0 Å². The Labute approximate surface area is 156 Å². The molecule has 0 spiro atoms. The summed E-state index contributed by atoms with van der Waals surface area (Å²) >= 11 is -0.294. The average Bonchev–Trinajstić information content (AvgIpc) is 2.64. The summed E-state index contributed by atoms with van der Waals surface area (Å²) in [5, 5.41) is 8.92. The van der Waals surface area contributed by atoms with E-state index >= 15 is 0 Å². The highest BCUT2D eigenvalue weighted by atomic mass is 32.2. The molecule has 0 aliphatic rings. The third kappa shape index (κ3) is 6.56. The predicted octanol–water partition coefficient (Wildman–Crippen LogP) is 3.01. The Bertz CT molecular complexity index is 864. The van der Waals surface area contributed by atoms with Crippen LogP contribution < -0.4 is 15.6 Å². The third-order valence-corrected chi connectivity index (χ3v) is 3.77. The highest BCUT2D eigenvalue weighted by molar-refractivity contribution is 8.00. The van der Waals surface area contributed by atoms with Gasteiger partial charge in [0.05, 0.1) is 5.56 Å². The summed E-state index contributed by atoms with van der Waals surface area (Å²) < 4.78 is 42.0. The molecule has 10 heteroatoms. The van der Waals surface area contributed by atoms with Gasteiger partial charge in [0, 0.05) is 10.5 Å². The molecule has 27 heavy (non-hydrogen) atoms. The maximum Gasteiger partial charge on any atom is 0.446 e. The van der Waals surface area contributed by atoms with E-state index in [1.165, 1.54) is 24.3 Å². The zero-order valence-corrected chi connectivity index (χ0v) is 14.4. The number of nitrogens with one attached hydrogen (secondary N) is 2. The summed E-state index contributed by atoms with van der Waals surface area (Å²) in [6.07, 6.45) is 0. The molecule has 0 unspecified atom stereocenters. The molecule has 0 bridgehead atoms. The zero-order chi connectivity index (χ0) is 19.9. The summed E-state index contributed by atoms with van der Waals surface area (Å²) in [6, 6.07) is 12.9. The molecular formula is C17H12F3N3O3S. The van der Waals surface area contributed by atoms with Crippen LogP contribution in [-0.2, 0) is 4.79 Å². The third-order valence-electron chi connectivity index (χ3n) is 3.03. The minimum atomic E-state index is -4.41. The number of amides is 2. The van der Waals surface area contributed by atoms with Crippen molar-refractivity contribution in [2.75, 3.05) is 6.61 Å². The van der Waals surface area contributed by atoms with Crippen molar-refractivity contribution >= 4 is 23.6 Å². The van der Waals surface area contributed by atoms with Crippen molar-refractivity contribution in [1.29, 1.82) is 5.26 Å². The van der Waals surface area contributed by atoms with Crippen molar-refractivity contribution in [3.05, 3.63) is 59.7 Å². The van der Waals surface area contributed by atoms with E-state index in [-0.39, 0.29) is 33.5 Å². The first-order valence-corrected chi connectivity index (χ1v) is 8.17. The van der Waals surface area contributed by atoms with Crippen LogP contribution >= 0.6 is 11.8 Å². The van der Waals surface area contributed by atoms with E-state index in [1.807, 2.05) is 6.07 Å². The molecule has 6 nitrogen and oxygen atoms in total. The Hall–Kier alpha value is -3.19. The van der Waals surface area contributed by atoms with Crippen LogP contribution in [0.25, 0.3) is 0 Å². The Balaban J connectivity index is 1.82. The Kier molecular flexibility index (Phi) is 6.67. The average molecular weight is 395 g/mol. The predicted molar refractivity (Wildman–Crippen MR) is 90.6 cm³/mol. The fourth-order valence-electron chi connectivity index (χ4n) is 1.87. The lowest BCUT2D eigenvalue weighted by Gasteiger charge is -2.10. The molecule has 0 atom stereocenters. The minimum Gasteiger partial charge on any atom is -0.482 e. The maximum absolute atomic E-state index is 12.3. The quantitative estimate of drug-likeness (QED) is 0.600. The van der Waals surface area contributed by atoms with Gasteiger partial charge < -0.3 is 4.74 Å². The molecular weight excluding hydrogens is 383 g/mol. The van der Waals surface area contributed by atoms with Crippen molar-refractivity contribution in [3.8, 4) is 11.8 Å². The van der Waals surface area contributed by atoms with Gasteiger partial charge in [-0.2, -0.15) is 18.4 Å². The summed E-state index contributed by atoms with van der Waals surface area (Å²) in [6.45, 7) is -0.444. The van der Waals surface area contributed by atoms with Crippen LogP contribution in [0.15, 0.2) is 53.4 Å². The smallest absolute Gasteiger partial charge is 0.446 e. The van der Waals surface area contributed by atoms with Crippen LogP contribution in [-0.4, -0.2) is 23.9 Å². The maximum atomic E-state index is 12.3. The number of benzene rings is 2. The number of thioether (sulfide) groups is 1. The fraction of sp³-hybridized carbons (Fsp3) is 0.118. The number of nitriles is 1. The first kappa shape index (κ1) is 20.1. The molecule has 0 heterocycles. The molecule has 2 aromatic carbocycles. The number of carbonyl (C=O) groups is 2. The molecule has 140 valence electrons. The van der Waals surface area contributed by atoms with Gasteiger partial charge in [0.25, 0.3) is 11.8 Å². The van der Waals surface area contributed by atoms with Crippen molar-refractivity contribution in [2.45, 2.75) is 10.4 Å². The molecule has 0 saturated heterocycles. The minimum absolute atomic E-state index is 0.0624. The molecule has 0 aliphatic heterocycles. The zero-order valence-electron chi connectivity index (χ0n) is 13.5. The highest BCUT2D eigenvalue weighted by Crippen LogP contribution is 2.36. The number of nitrogens with zero attached hydrogens (tertiary/aromatic N) is 1. The number of hydrazine groups is 1. The van der Waals surface area contributed by atoms with Crippen molar-refractivity contribution in [3.63, 3.8) is 0 Å². The molecule has 2 amide bonds. The Morgan fingerprint density at radius 1 is 1.07 bits per heavy atom. The number of hydrogen-bond acceptors (Lipinski definition) is 5. The van der Waals surface area contributed by atoms with Crippen molar-refractivity contribution in [1.82, 2.24) is 10.9 Å². The molecule has 0 radical (unpaired) electrons. The van der Waals surface area contributed by atoms with Crippen LogP contribution in [0.1, 0.15) is 15.9 Å². The molecule has 0 aromatic heterocycles. The summed E-state index contributed by atoms with van der Waals surface area (Å²) in [4.78, 5) is 23.5. The van der Waals surface area contributed by atoms with Gasteiger partial charge in [-0.3, -0.25) is 20.4 Å². The van der Waals surface area contributed by atoms with Gasteiger partial charge in [0.2, 0.25) is 0 Å². The van der Waals surface area contributed by atoms with Crippen molar-refractivity contribution in [2.24, 2.45) is 0 Å². The van der Waals surface area contributed by atoms with E-state index in [0.29, 0.717) is 0 Å². The lowest BCUT2D eigenvalue weighted by Crippen LogP contribution is -2.43. The Morgan fingerprint density at radius 2 is 1.74 bits per heavy atom. The fourth-order valence-corrected chi connectivity index (χ4v) is 2.41. The molecule has 2 aromatic rings. The van der Waals surface area contributed by atoms with Crippen LogP contribution in [0.3, 0.4) is 0 Å². The van der Waals surface area contributed by atoms with Crippen LogP contribution in [0.5, 0.6) is 5.75 Å². The number of carbonyl (C=O) groups excluding carboxylic acids is 2. The summed E-state index contributed by atoms with van der Waals surface area (Å²) in [5.74, 6) is -1.16. The SMILES string of the molecule is N#Cc1ccccc1OCC(=O)NNC(=O)c1ccc(SC(F)(F)F)cc1. The second-order valence-electron chi connectivity index (χ2n) is 4.97. The van der Waals surface area contributed by atoms with E-state index in [4.69, 9.17) is 10.00 Å². The molecule has 0 fully saturated rings. The molecule has 2 rings (SSSR count). The van der Waals surface area contributed by atoms with Gasteiger partial charge in [-0.15, -0.1) is 0 Å². The van der Waals surface area contributed by atoms with Crippen molar-refractivity contribution < 1.29 is 27.5 Å². The topological polar surface area (TPSA) is 91.2 Å². The number of alkyl halides is 3. The standard InChI is InChI=1S/C17H12F3N3O3S/c18-17(19,20)27-13-7-5-11(6-8-13)16(25)23-22-15(24)10-26-14-4-2-1-3-12(14)9-21/h1-8H,10H2,(H,22,24)(H,23,25). The molecule has 2 N–H and O–H groups in total. The summed E-state index contributed by atoms with van der Waals surface area (Å²) in [7, 11) is 0. The number of hydrogen-bond donors (Lipinski definition) is 2. The lowest BCUT2D eigenvalue weighted by molar-refractivity contribution is -0.123. The van der Waals surface area contributed by atoms with Gasteiger partial charge in [0.15, 0.2) is 6.61 Å². The van der Waals surface area contributed by atoms with E-state index < -0.39 is 23.9 Å². The lowest BCUT2D eigenvalue weighted by atomic mass is 10.2. The second-order valence-corrected chi connectivity index (χ2v) is 6.11. The first-order chi connectivity index (χ1) is 12.8. The first-order valence-electron chi connectivity index (χ1n) is 7.35. The van der Waals surface area contributed by atoms with Gasteiger partial charge in [-0.05, 0) is 48.2 Å². The number of para-hydroxylation sites is 1. The van der Waals surface area contributed by atoms with Gasteiger partial charge in [-0.1, -0.05) is 12.1 Å². The van der Waals surface area contributed by atoms with Gasteiger partial charge >= 0.3 is 5.51 Å². The molecule has 0 saturated carbocycles. The van der Waals surface area contributed by atoms with E-state index in [2.05, 4.69) is 10.9 Å². The molecule has 0 aliphatic carbocycles. The van der Waals surface area contributed by atoms with Gasteiger partial charge in [0.1, 0.15) is 11.8 Å². The largest absolute Gasteiger partial charge is 0.482 e. The highest BCUT2D eigenvalue weighted by Gasteiger charge is 2.29. The summed E-state index contributed by atoms with van der Waals surface area (Å²) in [5.41, 5.74) is 0.137. The monoisotopic (exact) mass is 395 g/mol.